The van der Waals surface area contributed by atoms with Gasteiger partial charge in [0.15, 0.2) is 0 Å². The van der Waals surface area contributed by atoms with E-state index in [1.165, 1.54) is 6.07 Å². The van der Waals surface area contributed by atoms with E-state index in [9.17, 15) is 14.9 Å². The van der Waals surface area contributed by atoms with Gasteiger partial charge in [-0.2, -0.15) is 5.26 Å². The van der Waals surface area contributed by atoms with Crippen LogP contribution in [0.15, 0.2) is 33.9 Å². The van der Waals surface area contributed by atoms with Gasteiger partial charge in [0.1, 0.15) is 16.9 Å². The van der Waals surface area contributed by atoms with Crippen LogP contribution < -0.4 is 5.32 Å². The van der Waals surface area contributed by atoms with Crippen molar-refractivity contribution in [2.75, 3.05) is 12.4 Å². The summed E-state index contributed by atoms with van der Waals surface area (Å²) in [5, 5.41) is 12.5. The monoisotopic (exact) mass is 373 g/mol. The minimum atomic E-state index is -0.518. The van der Waals surface area contributed by atoms with Crippen LogP contribution in [0.5, 0.6) is 0 Å². The Kier molecular flexibility index (Phi) is 6.81. The Balaban J connectivity index is 2.05. The first kappa shape index (κ1) is 19.5. The van der Waals surface area contributed by atoms with Gasteiger partial charge in [0.2, 0.25) is 5.91 Å². The molecule has 2 rings (SSSR count). The smallest absolute Gasteiger partial charge is 0.340 e. The molecule has 1 atom stereocenters. The van der Waals surface area contributed by atoms with Gasteiger partial charge in [0, 0.05) is 0 Å². The molecule has 1 amide bonds. The molecule has 7 nitrogen and oxygen atoms in total. The first-order valence-electron chi connectivity index (χ1n) is 8.00. The molecule has 0 spiro atoms. The third kappa shape index (κ3) is 4.86. The van der Waals surface area contributed by atoms with Crippen LogP contribution in [0.3, 0.4) is 0 Å². The van der Waals surface area contributed by atoms with Crippen LogP contribution in [0, 0.1) is 18.3 Å². The second-order valence-electron chi connectivity index (χ2n) is 5.40. The van der Waals surface area contributed by atoms with E-state index in [0.29, 0.717) is 16.5 Å². The van der Waals surface area contributed by atoms with E-state index < -0.39 is 5.97 Å². The number of carbonyl (C=O) groups is 2. The molecule has 0 saturated heterocycles. The van der Waals surface area contributed by atoms with E-state index in [2.05, 4.69) is 10.3 Å². The van der Waals surface area contributed by atoms with Crippen molar-refractivity contribution in [3.63, 3.8) is 0 Å². The maximum atomic E-state index is 12.1. The number of rotatable bonds is 7. The summed E-state index contributed by atoms with van der Waals surface area (Å²) in [6.45, 7) is 5.43. The summed E-state index contributed by atoms with van der Waals surface area (Å²) in [6, 6.07) is 6.74. The van der Waals surface area contributed by atoms with Crippen molar-refractivity contribution in [2.24, 2.45) is 0 Å². The number of ether oxygens (including phenoxy) is 1. The van der Waals surface area contributed by atoms with Crippen LogP contribution in [0.4, 0.5) is 0 Å². The lowest BCUT2D eigenvalue weighted by molar-refractivity contribution is -0.119. The number of hydrogen-bond acceptors (Lipinski definition) is 7. The van der Waals surface area contributed by atoms with E-state index in [1.807, 2.05) is 13.0 Å². The van der Waals surface area contributed by atoms with Gasteiger partial charge in [0.25, 0.3) is 0 Å². The molecule has 0 unspecified atom stereocenters. The van der Waals surface area contributed by atoms with Crippen molar-refractivity contribution in [3.8, 4) is 6.07 Å². The lowest BCUT2D eigenvalue weighted by atomic mass is 10.1. The normalized spacial score (nSPS) is 11.5. The molecule has 0 fully saturated rings. The molecule has 0 saturated carbocycles. The number of pyridine rings is 1. The molecule has 2 aromatic heterocycles. The largest absolute Gasteiger partial charge is 0.467 e. The first-order chi connectivity index (χ1) is 12.5. The molecule has 0 aliphatic heterocycles. The molecular weight excluding hydrogens is 354 g/mol. The average Bonchev–Trinajstić information content (AvgIpc) is 3.15. The third-order valence-corrected chi connectivity index (χ3v) is 4.47. The molecule has 0 aromatic carbocycles. The molecule has 8 heteroatoms. The van der Waals surface area contributed by atoms with Crippen molar-refractivity contribution in [3.05, 3.63) is 47.0 Å². The SMILES string of the molecule is CCOC(=O)c1cc(C#N)c(SCC(=O)N[C@@H](C)c2ccco2)nc1C. The number of nitriles is 1. The number of aromatic nitrogens is 1. The second kappa shape index (κ2) is 9.06. The van der Waals surface area contributed by atoms with Crippen LogP contribution in [0.25, 0.3) is 0 Å². The summed E-state index contributed by atoms with van der Waals surface area (Å²) in [6.07, 6.45) is 1.55. The highest BCUT2D eigenvalue weighted by molar-refractivity contribution is 8.00. The molecule has 0 aliphatic carbocycles. The molecule has 0 radical (unpaired) electrons. The second-order valence-corrected chi connectivity index (χ2v) is 6.36. The van der Waals surface area contributed by atoms with Crippen LogP contribution in [-0.2, 0) is 9.53 Å². The number of nitrogens with one attached hydrogen (secondary N) is 1. The number of amides is 1. The van der Waals surface area contributed by atoms with Crippen molar-refractivity contribution in [1.82, 2.24) is 10.3 Å². The predicted octanol–water partition coefficient (Wildman–Crippen LogP) is 3.00. The molecule has 26 heavy (non-hydrogen) atoms. The number of aryl methyl sites for hydroxylation is 1. The highest BCUT2D eigenvalue weighted by Gasteiger charge is 2.18. The summed E-state index contributed by atoms with van der Waals surface area (Å²) >= 11 is 1.14. The van der Waals surface area contributed by atoms with Gasteiger partial charge in [-0.05, 0) is 39.0 Å². The average molecular weight is 373 g/mol. The Bertz CT molecular complexity index is 828. The Morgan fingerprint density at radius 3 is 2.88 bits per heavy atom. The highest BCUT2D eigenvalue weighted by atomic mass is 32.2. The number of thioether (sulfide) groups is 1. The number of hydrogen-bond donors (Lipinski definition) is 1. The Labute approximate surface area is 155 Å². The fraction of sp³-hybridized carbons (Fsp3) is 0.333. The van der Waals surface area contributed by atoms with E-state index in [4.69, 9.17) is 9.15 Å². The van der Waals surface area contributed by atoms with E-state index in [1.54, 1.807) is 32.2 Å². The van der Waals surface area contributed by atoms with Crippen LogP contribution in [0.2, 0.25) is 0 Å². The van der Waals surface area contributed by atoms with Crippen LogP contribution >= 0.6 is 11.8 Å². The number of esters is 1. The first-order valence-corrected chi connectivity index (χ1v) is 8.99. The van der Waals surface area contributed by atoms with E-state index in [-0.39, 0.29) is 35.4 Å². The maximum absolute atomic E-state index is 12.1. The Morgan fingerprint density at radius 2 is 2.27 bits per heavy atom. The number of nitrogens with zero attached hydrogens (tertiary/aromatic N) is 2. The minimum absolute atomic E-state index is 0.0882. The van der Waals surface area contributed by atoms with Gasteiger partial charge in [-0.15, -0.1) is 0 Å². The minimum Gasteiger partial charge on any atom is -0.467 e. The zero-order valence-electron chi connectivity index (χ0n) is 14.7. The van der Waals surface area contributed by atoms with E-state index >= 15 is 0 Å². The Hall–Kier alpha value is -2.79. The van der Waals surface area contributed by atoms with Crippen LogP contribution in [0.1, 0.15) is 47.3 Å². The summed E-state index contributed by atoms with van der Waals surface area (Å²) < 4.78 is 10.2. The summed E-state index contributed by atoms with van der Waals surface area (Å²) in [7, 11) is 0. The van der Waals surface area contributed by atoms with Gasteiger partial charge in [-0.25, -0.2) is 9.78 Å². The van der Waals surface area contributed by atoms with Crippen molar-refractivity contribution < 1.29 is 18.7 Å². The lowest BCUT2D eigenvalue weighted by Gasteiger charge is -2.12. The predicted molar refractivity (Wildman–Crippen MR) is 95.6 cm³/mol. The number of furan rings is 1. The van der Waals surface area contributed by atoms with Gasteiger partial charge in [0.05, 0.1) is 41.5 Å². The standard InChI is InChI=1S/C18H19N3O4S/c1-4-24-18(23)14-8-13(9-19)17(21-11(14)2)26-10-16(22)20-12(3)15-6-5-7-25-15/h5-8,12H,4,10H2,1-3H3,(H,20,22)/t12-/m0/s1. The van der Waals surface area contributed by atoms with Gasteiger partial charge in [-0.1, -0.05) is 11.8 Å². The Morgan fingerprint density at radius 1 is 1.50 bits per heavy atom. The topological polar surface area (TPSA) is 105 Å². The van der Waals surface area contributed by atoms with Gasteiger partial charge in [-0.3, -0.25) is 4.79 Å². The highest BCUT2D eigenvalue weighted by Crippen LogP contribution is 2.23. The summed E-state index contributed by atoms with van der Waals surface area (Å²) in [5.41, 5.74) is 0.938. The fourth-order valence-corrected chi connectivity index (χ4v) is 3.03. The molecule has 2 heterocycles. The lowest BCUT2D eigenvalue weighted by Crippen LogP contribution is -2.28. The molecule has 1 N–H and O–H groups in total. The third-order valence-electron chi connectivity index (χ3n) is 3.48. The zero-order valence-corrected chi connectivity index (χ0v) is 15.6. The van der Waals surface area contributed by atoms with Crippen molar-refractivity contribution in [1.29, 1.82) is 5.26 Å². The molecule has 136 valence electrons. The van der Waals surface area contributed by atoms with Gasteiger partial charge >= 0.3 is 5.97 Å². The molecule has 2 aromatic rings. The quantitative estimate of drug-likeness (QED) is 0.587. The van der Waals surface area contributed by atoms with E-state index in [0.717, 1.165) is 11.8 Å². The molecule has 0 bridgehead atoms. The summed E-state index contributed by atoms with van der Waals surface area (Å²) in [5.74, 6) is 0.0198. The van der Waals surface area contributed by atoms with Crippen molar-refractivity contribution >= 4 is 23.6 Å². The molecule has 0 aliphatic rings. The van der Waals surface area contributed by atoms with Gasteiger partial charge < -0.3 is 14.5 Å². The van der Waals surface area contributed by atoms with Crippen LogP contribution in [-0.4, -0.2) is 29.2 Å². The number of carbonyl (C=O) groups excluding carboxylic acids is 2. The maximum Gasteiger partial charge on any atom is 0.340 e. The fourth-order valence-electron chi connectivity index (χ4n) is 2.21. The zero-order chi connectivity index (χ0) is 19.1. The summed E-state index contributed by atoms with van der Waals surface area (Å²) in [4.78, 5) is 28.3. The molecular formula is C18H19N3O4S. The van der Waals surface area contributed by atoms with Crippen molar-refractivity contribution in [2.45, 2.75) is 31.8 Å².